The molecule has 3 aromatic rings. The van der Waals surface area contributed by atoms with Crippen molar-refractivity contribution in [3.8, 4) is 0 Å². The number of anilines is 1. The van der Waals surface area contributed by atoms with Crippen molar-refractivity contribution >= 4 is 13.3 Å². The molecular weight excluding hydrogens is 609 g/mol. The lowest BCUT2D eigenvalue weighted by Gasteiger charge is -2.26. The zero-order chi connectivity index (χ0) is 32.5. The van der Waals surface area contributed by atoms with Crippen LogP contribution in [-0.4, -0.2) is 63.7 Å². The SMILES string of the molecule is Cc1cn([C@H]2CC[C@@H](COP(=O)(OC[C@@H]3CC[C@H](n4cc(C)c(=O)[nH]c4=O)O3)C(O)c3ccc(N(C)C)cc3)O2)c(=O)[nH]c1=O. The van der Waals surface area contributed by atoms with Crippen molar-refractivity contribution in [2.45, 2.75) is 70.0 Å². The van der Waals surface area contributed by atoms with Gasteiger partial charge in [-0.1, -0.05) is 12.1 Å². The van der Waals surface area contributed by atoms with Crippen LogP contribution in [0.5, 0.6) is 0 Å². The quantitative estimate of drug-likeness (QED) is 0.259. The molecule has 0 amide bonds. The molecule has 2 saturated heterocycles. The lowest BCUT2D eigenvalue weighted by Crippen LogP contribution is -2.33. The summed E-state index contributed by atoms with van der Waals surface area (Å²) >= 11 is 0. The molecule has 15 nitrogen and oxygen atoms in total. The number of aromatic amines is 2. The van der Waals surface area contributed by atoms with Gasteiger partial charge in [0.25, 0.3) is 11.1 Å². The third-order valence-electron chi connectivity index (χ3n) is 7.97. The highest BCUT2D eigenvalue weighted by atomic mass is 31.2. The number of aliphatic hydroxyl groups is 1. The molecule has 1 aromatic carbocycles. The van der Waals surface area contributed by atoms with Gasteiger partial charge in [-0.05, 0) is 57.2 Å². The minimum absolute atomic E-state index is 0.197. The maximum absolute atomic E-state index is 14.2. The number of rotatable bonds is 11. The van der Waals surface area contributed by atoms with Crippen LogP contribution in [0.2, 0.25) is 0 Å². The average molecular weight is 648 g/mol. The van der Waals surface area contributed by atoms with Gasteiger partial charge in [-0.2, -0.15) is 0 Å². The molecule has 2 aromatic heterocycles. The van der Waals surface area contributed by atoms with E-state index in [4.69, 9.17) is 18.5 Å². The Kier molecular flexibility index (Phi) is 9.77. The van der Waals surface area contributed by atoms with Crippen molar-refractivity contribution < 1.29 is 28.2 Å². The molecule has 0 radical (unpaired) electrons. The molecule has 0 aliphatic carbocycles. The molecular formula is C29H38N5O10P. The average Bonchev–Trinajstić information content (AvgIpc) is 3.68. The zero-order valence-corrected chi connectivity index (χ0v) is 26.4. The summed E-state index contributed by atoms with van der Waals surface area (Å²) in [5, 5.41) is 11.3. The molecule has 2 fully saturated rings. The molecule has 4 heterocycles. The van der Waals surface area contributed by atoms with Gasteiger partial charge in [-0.15, -0.1) is 0 Å². The van der Waals surface area contributed by atoms with E-state index in [0.29, 0.717) is 42.4 Å². The summed E-state index contributed by atoms with van der Waals surface area (Å²) in [6.07, 6.45) is 2.22. The number of hydrogen-bond acceptors (Lipinski definition) is 11. The number of benzene rings is 1. The molecule has 45 heavy (non-hydrogen) atoms. The number of aliphatic hydroxyl groups excluding tert-OH is 1. The fourth-order valence-corrected chi connectivity index (χ4v) is 6.95. The van der Waals surface area contributed by atoms with E-state index in [1.807, 2.05) is 19.0 Å². The molecule has 16 heteroatoms. The highest BCUT2D eigenvalue weighted by Gasteiger charge is 2.40. The standard InChI is InChI=1S/C29H38N5O10P/c1-17-13-33(28(38)30-25(17)35)23-11-9-21(43-23)15-41-45(40,27(37)19-5-7-20(8-6-19)32(3)4)42-16-22-10-12-24(44-22)34-14-18(2)26(36)31-29(34)39/h5-8,13-14,21-24,27,37H,9-12,15-16H2,1-4H3,(H,30,35,38)(H,31,36,39)/t21-,22-,23+,24+,27?/m0/s1. The number of nitrogens with one attached hydrogen (secondary N) is 2. The van der Waals surface area contributed by atoms with Crippen molar-refractivity contribution in [3.05, 3.63) is 95.0 Å². The third-order valence-corrected chi connectivity index (χ3v) is 9.89. The molecule has 2 aliphatic heterocycles. The van der Waals surface area contributed by atoms with E-state index in [-0.39, 0.29) is 13.2 Å². The van der Waals surface area contributed by atoms with Crippen LogP contribution in [0.1, 0.15) is 60.7 Å². The van der Waals surface area contributed by atoms with Crippen LogP contribution in [0, 0.1) is 13.8 Å². The van der Waals surface area contributed by atoms with Gasteiger partial charge in [0.2, 0.25) is 0 Å². The van der Waals surface area contributed by atoms with E-state index in [9.17, 15) is 28.8 Å². The van der Waals surface area contributed by atoms with Gasteiger partial charge in [0.1, 0.15) is 12.5 Å². The van der Waals surface area contributed by atoms with Crippen LogP contribution in [0.15, 0.2) is 55.8 Å². The first-order valence-electron chi connectivity index (χ1n) is 14.6. The van der Waals surface area contributed by atoms with Crippen molar-refractivity contribution in [2.24, 2.45) is 0 Å². The maximum atomic E-state index is 14.2. The molecule has 5 rings (SSSR count). The number of aryl methyl sites for hydroxylation is 2. The second kappa shape index (κ2) is 13.4. The Balaban J connectivity index is 1.29. The van der Waals surface area contributed by atoms with E-state index in [0.717, 1.165) is 5.69 Å². The molecule has 0 saturated carbocycles. The first-order chi connectivity index (χ1) is 21.3. The van der Waals surface area contributed by atoms with Gasteiger partial charge in [-0.25, -0.2) is 9.59 Å². The van der Waals surface area contributed by atoms with E-state index >= 15 is 0 Å². The number of ether oxygens (including phenoxy) is 2. The zero-order valence-electron chi connectivity index (χ0n) is 25.5. The summed E-state index contributed by atoms with van der Waals surface area (Å²) in [6, 6.07) is 6.82. The fraction of sp³-hybridized carbons (Fsp3) is 0.517. The summed E-state index contributed by atoms with van der Waals surface area (Å²) in [7, 11) is -0.513. The van der Waals surface area contributed by atoms with Gasteiger partial charge < -0.3 is 28.5 Å². The largest absolute Gasteiger partial charge is 0.378 e. The minimum atomic E-state index is -4.26. The van der Waals surface area contributed by atoms with Crippen molar-refractivity contribution in [1.82, 2.24) is 19.1 Å². The molecule has 2 aliphatic rings. The highest BCUT2D eigenvalue weighted by Crippen LogP contribution is 2.60. The third kappa shape index (κ3) is 7.29. The predicted octanol–water partition coefficient (Wildman–Crippen LogP) is 2.04. The van der Waals surface area contributed by atoms with Crippen molar-refractivity contribution in [2.75, 3.05) is 32.2 Å². The van der Waals surface area contributed by atoms with Crippen LogP contribution < -0.4 is 27.4 Å². The molecule has 1 unspecified atom stereocenters. The van der Waals surface area contributed by atoms with E-state index in [1.54, 1.807) is 38.1 Å². The van der Waals surface area contributed by atoms with E-state index in [1.165, 1.54) is 21.5 Å². The first kappa shape index (κ1) is 32.8. The Labute approximate surface area is 257 Å². The van der Waals surface area contributed by atoms with Crippen LogP contribution in [0.3, 0.4) is 0 Å². The summed E-state index contributed by atoms with van der Waals surface area (Å²) in [6.45, 7) is 2.77. The van der Waals surface area contributed by atoms with Crippen molar-refractivity contribution in [3.63, 3.8) is 0 Å². The van der Waals surface area contributed by atoms with Crippen LogP contribution >= 0.6 is 7.60 Å². The number of hydrogen-bond donors (Lipinski definition) is 3. The molecule has 244 valence electrons. The maximum Gasteiger partial charge on any atom is 0.363 e. The fourth-order valence-electron chi connectivity index (χ4n) is 5.31. The monoisotopic (exact) mass is 647 g/mol. The lowest BCUT2D eigenvalue weighted by molar-refractivity contribution is -0.0351. The number of aromatic nitrogens is 4. The van der Waals surface area contributed by atoms with Gasteiger partial charge >= 0.3 is 19.0 Å². The second-order valence-electron chi connectivity index (χ2n) is 11.5. The van der Waals surface area contributed by atoms with Gasteiger partial charge in [0.05, 0.1) is 25.4 Å². The highest BCUT2D eigenvalue weighted by molar-refractivity contribution is 7.54. The molecule has 3 N–H and O–H groups in total. The molecule has 0 spiro atoms. The Bertz CT molecular complexity index is 1700. The molecule has 0 bridgehead atoms. The Morgan fingerprint density at radius 2 is 1.29 bits per heavy atom. The minimum Gasteiger partial charge on any atom is -0.378 e. The second-order valence-corrected chi connectivity index (χ2v) is 13.6. The topological polar surface area (TPSA) is 187 Å². The summed E-state index contributed by atoms with van der Waals surface area (Å²) in [5.74, 6) is -1.63. The van der Waals surface area contributed by atoms with Gasteiger partial charge in [-0.3, -0.25) is 33.3 Å². The summed E-state index contributed by atoms with van der Waals surface area (Å²) in [5.41, 5.74) is -0.235. The lowest BCUT2D eigenvalue weighted by atomic mass is 10.2. The normalized spacial score (nSPS) is 22.5. The predicted molar refractivity (Wildman–Crippen MR) is 164 cm³/mol. The van der Waals surface area contributed by atoms with Gasteiger partial charge in [0, 0.05) is 43.3 Å². The first-order valence-corrected chi connectivity index (χ1v) is 16.2. The van der Waals surface area contributed by atoms with Crippen LogP contribution in [0.4, 0.5) is 5.69 Å². The summed E-state index contributed by atoms with van der Waals surface area (Å²) < 4.78 is 40.5. The van der Waals surface area contributed by atoms with Crippen molar-refractivity contribution in [1.29, 1.82) is 0 Å². The Morgan fingerprint density at radius 3 is 1.71 bits per heavy atom. The molecule has 5 atom stereocenters. The van der Waals surface area contributed by atoms with Crippen LogP contribution in [-0.2, 0) is 23.1 Å². The van der Waals surface area contributed by atoms with Gasteiger partial charge in [0.15, 0.2) is 5.85 Å². The van der Waals surface area contributed by atoms with E-state index in [2.05, 4.69) is 9.97 Å². The number of H-pyrrole nitrogens is 2. The smallest absolute Gasteiger partial charge is 0.363 e. The number of nitrogens with zero attached hydrogens (tertiary/aromatic N) is 3. The Hall–Kier alpha value is -3.59. The summed E-state index contributed by atoms with van der Waals surface area (Å²) in [4.78, 5) is 54.6. The van der Waals surface area contributed by atoms with Crippen LogP contribution in [0.25, 0.3) is 0 Å². The Morgan fingerprint density at radius 1 is 0.844 bits per heavy atom. The van der Waals surface area contributed by atoms with E-state index < -0.39 is 60.6 Å².